The molecule has 3 N–H and O–H groups in total. The maximum atomic E-state index is 12.7. The van der Waals surface area contributed by atoms with Crippen LogP contribution in [0, 0.1) is 11.8 Å². The van der Waals surface area contributed by atoms with Crippen molar-refractivity contribution < 1.29 is 15.0 Å². The summed E-state index contributed by atoms with van der Waals surface area (Å²) in [5.41, 5.74) is 1.42. The number of para-hydroxylation sites is 2. The molecule has 120 valence electrons. The van der Waals surface area contributed by atoms with Crippen molar-refractivity contribution in [1.29, 1.82) is 0 Å². The van der Waals surface area contributed by atoms with Crippen molar-refractivity contribution in [2.24, 2.45) is 11.8 Å². The van der Waals surface area contributed by atoms with Gasteiger partial charge >= 0.3 is 0 Å². The van der Waals surface area contributed by atoms with Crippen LogP contribution in [0.15, 0.2) is 48.5 Å². The van der Waals surface area contributed by atoms with Crippen LogP contribution in [0.2, 0.25) is 0 Å². The van der Waals surface area contributed by atoms with Crippen LogP contribution >= 0.6 is 0 Å². The van der Waals surface area contributed by atoms with E-state index in [1.807, 2.05) is 38.1 Å². The van der Waals surface area contributed by atoms with Crippen LogP contribution in [0.3, 0.4) is 0 Å². The molecule has 0 unspecified atom stereocenters. The van der Waals surface area contributed by atoms with E-state index in [1.165, 1.54) is 0 Å². The highest BCUT2D eigenvalue weighted by molar-refractivity contribution is 5.85. The molecule has 23 heavy (non-hydrogen) atoms. The molecule has 0 radical (unpaired) electrons. The summed E-state index contributed by atoms with van der Waals surface area (Å²) >= 11 is 0. The fraction of sp³-hybridized carbons (Fsp3) is 0.316. The third-order valence-corrected chi connectivity index (χ3v) is 4.80. The molecule has 4 atom stereocenters. The number of hydrogen-bond donors (Lipinski definition) is 3. The first kappa shape index (κ1) is 15.6. The van der Waals surface area contributed by atoms with Gasteiger partial charge < -0.3 is 15.5 Å². The summed E-state index contributed by atoms with van der Waals surface area (Å²) in [4.78, 5) is 12.7. The smallest absolute Gasteiger partial charge is 0.142 e. The number of ketones is 1. The minimum Gasteiger partial charge on any atom is -0.508 e. The zero-order valence-electron chi connectivity index (χ0n) is 13.2. The second kappa shape index (κ2) is 6.05. The van der Waals surface area contributed by atoms with Crippen LogP contribution in [-0.4, -0.2) is 16.0 Å². The first-order chi connectivity index (χ1) is 11.0. The normalized spacial score (nSPS) is 27.8. The van der Waals surface area contributed by atoms with Crippen molar-refractivity contribution >= 4 is 5.78 Å². The van der Waals surface area contributed by atoms with Crippen molar-refractivity contribution in [2.45, 2.75) is 25.9 Å². The molecule has 1 fully saturated rings. The molecule has 0 bridgehead atoms. The summed E-state index contributed by atoms with van der Waals surface area (Å²) in [6, 6.07) is 13.6. The summed E-state index contributed by atoms with van der Waals surface area (Å²) < 4.78 is 0. The van der Waals surface area contributed by atoms with Gasteiger partial charge in [0.1, 0.15) is 17.3 Å². The molecule has 0 spiro atoms. The lowest BCUT2D eigenvalue weighted by atomic mass is 9.76. The second-order valence-electron chi connectivity index (χ2n) is 6.22. The van der Waals surface area contributed by atoms with E-state index < -0.39 is 0 Å². The Morgan fingerprint density at radius 1 is 0.783 bits per heavy atom. The lowest BCUT2D eigenvalue weighted by Gasteiger charge is -2.39. The highest BCUT2D eigenvalue weighted by Crippen LogP contribution is 2.42. The number of aromatic hydroxyl groups is 2. The van der Waals surface area contributed by atoms with E-state index in [1.54, 1.807) is 24.3 Å². The van der Waals surface area contributed by atoms with Gasteiger partial charge in [0.05, 0.1) is 0 Å². The average Bonchev–Trinajstić information content (AvgIpc) is 2.55. The Kier molecular flexibility index (Phi) is 4.09. The van der Waals surface area contributed by atoms with Gasteiger partial charge in [-0.3, -0.25) is 4.79 Å². The van der Waals surface area contributed by atoms with Crippen LogP contribution in [-0.2, 0) is 4.79 Å². The number of phenols is 2. The molecule has 4 nitrogen and oxygen atoms in total. The third kappa shape index (κ3) is 2.70. The Morgan fingerprint density at radius 2 is 1.17 bits per heavy atom. The Balaban J connectivity index is 2.02. The Bertz CT molecular complexity index is 669. The number of phenolic OH excluding ortho intramolecular Hbond substituents is 2. The Morgan fingerprint density at radius 3 is 1.57 bits per heavy atom. The van der Waals surface area contributed by atoms with Crippen molar-refractivity contribution in [3.8, 4) is 11.5 Å². The van der Waals surface area contributed by atoms with Gasteiger partial charge in [-0.15, -0.1) is 0 Å². The van der Waals surface area contributed by atoms with E-state index in [9.17, 15) is 15.0 Å². The number of carbonyl (C=O) groups excluding carboxylic acids is 1. The summed E-state index contributed by atoms with van der Waals surface area (Å²) in [6.45, 7) is 3.76. The summed E-state index contributed by atoms with van der Waals surface area (Å²) in [7, 11) is 0. The van der Waals surface area contributed by atoms with Gasteiger partial charge in [-0.1, -0.05) is 50.2 Å². The third-order valence-electron chi connectivity index (χ3n) is 4.80. The molecular weight excluding hydrogens is 290 g/mol. The largest absolute Gasteiger partial charge is 0.508 e. The van der Waals surface area contributed by atoms with E-state index in [4.69, 9.17) is 0 Å². The highest BCUT2D eigenvalue weighted by atomic mass is 16.3. The molecule has 0 saturated carbocycles. The van der Waals surface area contributed by atoms with Crippen LogP contribution in [0.5, 0.6) is 11.5 Å². The number of piperidine rings is 1. The predicted octanol–water partition coefficient (Wildman–Crippen LogP) is 3.32. The SMILES string of the molecule is C[C@@H]1C(=O)[C@@H](C)[C@@H](c2ccccc2O)N[C@@H]1c1ccccc1O. The Labute approximate surface area is 135 Å². The van der Waals surface area contributed by atoms with Gasteiger partial charge in [-0.05, 0) is 12.1 Å². The quantitative estimate of drug-likeness (QED) is 0.796. The summed E-state index contributed by atoms with van der Waals surface area (Å²) in [6.07, 6.45) is 0. The van der Waals surface area contributed by atoms with Gasteiger partial charge in [-0.2, -0.15) is 0 Å². The number of carbonyl (C=O) groups is 1. The standard InChI is InChI=1S/C19H21NO3/c1-11-17(13-7-3-5-9-15(13)21)20-18(12(2)19(11)23)14-8-4-6-10-16(14)22/h3-12,17-18,20-22H,1-2H3/t11-,12-,17-,18-/m0/s1. The highest BCUT2D eigenvalue weighted by Gasteiger charge is 2.41. The zero-order valence-corrected chi connectivity index (χ0v) is 13.2. The van der Waals surface area contributed by atoms with Gasteiger partial charge in [0.25, 0.3) is 0 Å². The van der Waals surface area contributed by atoms with Crippen LogP contribution in [0.4, 0.5) is 0 Å². The van der Waals surface area contributed by atoms with E-state index in [-0.39, 0.29) is 41.2 Å². The van der Waals surface area contributed by atoms with E-state index in [0.29, 0.717) is 11.1 Å². The van der Waals surface area contributed by atoms with Gasteiger partial charge in [-0.25, -0.2) is 0 Å². The minimum absolute atomic E-state index is 0.130. The topological polar surface area (TPSA) is 69.6 Å². The number of nitrogens with one attached hydrogen (secondary N) is 1. The molecule has 1 saturated heterocycles. The number of hydrogen-bond acceptors (Lipinski definition) is 4. The maximum Gasteiger partial charge on any atom is 0.142 e. The van der Waals surface area contributed by atoms with Crippen molar-refractivity contribution in [1.82, 2.24) is 5.32 Å². The van der Waals surface area contributed by atoms with E-state index in [2.05, 4.69) is 5.32 Å². The monoisotopic (exact) mass is 311 g/mol. The molecular formula is C19H21NO3. The van der Waals surface area contributed by atoms with Crippen molar-refractivity contribution in [2.75, 3.05) is 0 Å². The number of benzene rings is 2. The average molecular weight is 311 g/mol. The minimum atomic E-state index is -0.287. The molecule has 4 heteroatoms. The molecule has 0 aromatic heterocycles. The lowest BCUT2D eigenvalue weighted by molar-refractivity contribution is -0.130. The maximum absolute atomic E-state index is 12.7. The molecule has 1 aliphatic heterocycles. The van der Waals surface area contributed by atoms with E-state index in [0.717, 1.165) is 0 Å². The van der Waals surface area contributed by atoms with Crippen LogP contribution in [0.1, 0.15) is 37.1 Å². The van der Waals surface area contributed by atoms with E-state index >= 15 is 0 Å². The second-order valence-corrected chi connectivity index (χ2v) is 6.22. The summed E-state index contributed by atoms with van der Waals surface area (Å²) in [5, 5.41) is 23.7. The van der Waals surface area contributed by atoms with Gasteiger partial charge in [0, 0.05) is 35.0 Å². The summed E-state index contributed by atoms with van der Waals surface area (Å²) in [5.74, 6) is -0.0171. The molecule has 1 heterocycles. The molecule has 3 rings (SSSR count). The lowest BCUT2D eigenvalue weighted by Crippen LogP contribution is -2.46. The molecule has 2 aromatic carbocycles. The number of Topliss-reactive ketones (excluding diaryl/α,β-unsaturated/α-hetero) is 1. The first-order valence-electron chi connectivity index (χ1n) is 7.86. The fourth-order valence-corrected chi connectivity index (χ4v) is 3.44. The number of rotatable bonds is 2. The fourth-order valence-electron chi connectivity index (χ4n) is 3.44. The van der Waals surface area contributed by atoms with Crippen molar-refractivity contribution in [3.63, 3.8) is 0 Å². The van der Waals surface area contributed by atoms with Gasteiger partial charge in [0.15, 0.2) is 0 Å². The van der Waals surface area contributed by atoms with Gasteiger partial charge in [0.2, 0.25) is 0 Å². The molecule has 0 aliphatic carbocycles. The van der Waals surface area contributed by atoms with Crippen LogP contribution in [0.25, 0.3) is 0 Å². The molecule has 1 aliphatic rings. The Hall–Kier alpha value is -2.33. The zero-order chi connectivity index (χ0) is 16.6. The predicted molar refractivity (Wildman–Crippen MR) is 88.2 cm³/mol. The van der Waals surface area contributed by atoms with Crippen molar-refractivity contribution in [3.05, 3.63) is 59.7 Å². The molecule has 2 aromatic rings. The van der Waals surface area contributed by atoms with Crippen LogP contribution < -0.4 is 5.32 Å². The first-order valence-corrected chi connectivity index (χ1v) is 7.86. The molecule has 0 amide bonds.